The Kier molecular flexibility index (Phi) is 8.28. The van der Waals surface area contributed by atoms with Gasteiger partial charge in [-0.05, 0) is 30.7 Å². The zero-order chi connectivity index (χ0) is 15.0. The quantitative estimate of drug-likeness (QED) is 0.552. The van der Waals surface area contributed by atoms with Crippen LogP contribution in [0.3, 0.4) is 0 Å². The van der Waals surface area contributed by atoms with Crippen LogP contribution in [0.4, 0.5) is 5.69 Å². The van der Waals surface area contributed by atoms with Crippen LogP contribution in [0.25, 0.3) is 0 Å². The van der Waals surface area contributed by atoms with Gasteiger partial charge in [0.25, 0.3) is 0 Å². The predicted molar refractivity (Wildman–Crippen MR) is 84.1 cm³/mol. The molecule has 0 fully saturated rings. The number of aliphatic imine (C=N–C) groups is 1. The summed E-state index contributed by atoms with van der Waals surface area (Å²) in [5.74, 6) is 0.250. The van der Waals surface area contributed by atoms with Gasteiger partial charge in [-0.1, -0.05) is 30.3 Å². The molecule has 1 N–H and O–H groups in total. The van der Waals surface area contributed by atoms with Crippen molar-refractivity contribution in [1.82, 2.24) is 0 Å². The van der Waals surface area contributed by atoms with E-state index >= 15 is 0 Å². The number of aromatic hydroxyl groups is 1. The normalized spacial score (nSPS) is 10.0. The Hall–Kier alpha value is -0.506. The molecule has 2 aromatic rings. The fourth-order valence-corrected chi connectivity index (χ4v) is 1.44. The number of hydrogen-bond donors (Lipinski definition) is 1. The number of aryl methyl sites for hydroxylation is 1. The molecule has 0 amide bonds. The Morgan fingerprint density at radius 2 is 1.55 bits per heavy atom. The van der Waals surface area contributed by atoms with Gasteiger partial charge in [0.1, 0.15) is 5.75 Å². The van der Waals surface area contributed by atoms with E-state index in [1.54, 1.807) is 18.3 Å². The number of benzene rings is 2. The van der Waals surface area contributed by atoms with Crippen LogP contribution in [0, 0.1) is 6.92 Å². The van der Waals surface area contributed by atoms with E-state index in [4.69, 9.17) is 27.9 Å². The minimum atomic E-state index is -1.92. The Morgan fingerprint density at radius 3 is 2.15 bits per heavy atom. The summed E-state index contributed by atoms with van der Waals surface area (Å²) in [7, 11) is 14.9. The molecule has 20 heavy (non-hydrogen) atoms. The van der Waals surface area contributed by atoms with Crippen LogP contribution in [0.5, 0.6) is 5.75 Å². The molecule has 0 saturated carbocycles. The van der Waals surface area contributed by atoms with Gasteiger partial charge in [0.15, 0.2) is 0 Å². The molecule has 105 valence electrons. The van der Waals surface area contributed by atoms with Crippen molar-refractivity contribution in [3.63, 3.8) is 0 Å². The van der Waals surface area contributed by atoms with Gasteiger partial charge in [0, 0.05) is 11.8 Å². The standard InChI is InChI=1S/C14H13NO.3ClH.Ti/c1-11-6-2-4-8-13(11)15-10-12-7-3-5-9-14(12)16;;;;/h2-10,16H,1H3;3*1H;/q;;;;+3/p-3. The maximum absolute atomic E-state index is 9.57. The van der Waals surface area contributed by atoms with Gasteiger partial charge < -0.3 is 5.11 Å². The molecule has 0 aliphatic rings. The number of phenols is 1. The number of nitrogens with zero attached hydrogens (tertiary/aromatic N) is 1. The van der Waals surface area contributed by atoms with E-state index in [0.717, 1.165) is 16.8 Å². The Labute approximate surface area is 136 Å². The van der Waals surface area contributed by atoms with Crippen LogP contribution < -0.4 is 0 Å². The molecule has 0 atom stereocenters. The van der Waals surface area contributed by atoms with Crippen molar-refractivity contribution in [2.24, 2.45) is 4.99 Å². The molecule has 2 rings (SSSR count). The first-order chi connectivity index (χ1) is 9.50. The molecule has 6 heteroatoms. The second-order valence-corrected chi connectivity index (χ2v) is 11.6. The van der Waals surface area contributed by atoms with Crippen molar-refractivity contribution in [3.05, 3.63) is 59.7 Å². The van der Waals surface area contributed by atoms with Gasteiger partial charge in [-0.3, -0.25) is 4.99 Å². The second-order valence-electron chi connectivity index (χ2n) is 3.82. The van der Waals surface area contributed by atoms with Crippen molar-refractivity contribution in [1.29, 1.82) is 0 Å². The third-order valence-corrected chi connectivity index (χ3v) is 2.39. The van der Waals surface area contributed by atoms with Gasteiger partial charge in [0.05, 0.1) is 5.69 Å². The van der Waals surface area contributed by atoms with Crippen molar-refractivity contribution in [2.75, 3.05) is 0 Å². The molecule has 0 saturated heterocycles. The summed E-state index contributed by atoms with van der Waals surface area (Å²) in [6, 6.07) is 15.0. The van der Waals surface area contributed by atoms with E-state index in [0.29, 0.717) is 0 Å². The zero-order valence-corrected chi connectivity index (χ0v) is 14.6. The summed E-state index contributed by atoms with van der Waals surface area (Å²) in [6.07, 6.45) is 1.68. The average Bonchev–Trinajstić information content (AvgIpc) is 2.39. The van der Waals surface area contributed by atoms with Crippen LogP contribution in [-0.4, -0.2) is 11.3 Å². The molecule has 0 bridgehead atoms. The summed E-state index contributed by atoms with van der Waals surface area (Å²) < 4.78 is 0. The molecule has 0 radical (unpaired) electrons. The molecule has 0 unspecified atom stereocenters. The molecule has 0 aliphatic carbocycles. The first-order valence-electron chi connectivity index (χ1n) is 5.72. The van der Waals surface area contributed by atoms with E-state index in [9.17, 15) is 5.11 Å². The summed E-state index contributed by atoms with van der Waals surface area (Å²) >= 11 is -1.92. The van der Waals surface area contributed by atoms with E-state index in [2.05, 4.69) is 4.99 Å². The van der Waals surface area contributed by atoms with Gasteiger partial charge in [-0.25, -0.2) is 0 Å². The fraction of sp³-hybridized carbons (Fsp3) is 0.0714. The van der Waals surface area contributed by atoms with Crippen LogP contribution in [-0.2, 0) is 14.7 Å². The van der Waals surface area contributed by atoms with Crippen molar-refractivity contribution < 1.29 is 19.8 Å². The molecule has 2 aromatic carbocycles. The van der Waals surface area contributed by atoms with E-state index in [1.165, 1.54) is 0 Å². The van der Waals surface area contributed by atoms with Gasteiger partial charge >= 0.3 is 42.6 Å². The first kappa shape index (κ1) is 17.5. The van der Waals surface area contributed by atoms with Gasteiger partial charge in [-0.15, -0.1) is 0 Å². The third-order valence-electron chi connectivity index (χ3n) is 2.39. The predicted octanol–water partition coefficient (Wildman–Crippen LogP) is 5.52. The Bertz CT molecular complexity index is 526. The van der Waals surface area contributed by atoms with Crippen molar-refractivity contribution >= 4 is 39.8 Å². The molecular formula is C14H13Cl3NOTi. The molecule has 0 heterocycles. The fourth-order valence-electron chi connectivity index (χ4n) is 1.44. The number of phenolic OH excluding ortho intramolecular Hbond substituents is 1. The third kappa shape index (κ3) is 6.78. The van der Waals surface area contributed by atoms with Crippen LogP contribution in [0.1, 0.15) is 11.1 Å². The van der Waals surface area contributed by atoms with Crippen LogP contribution in [0.2, 0.25) is 0 Å². The number of rotatable bonds is 2. The molecule has 0 spiro atoms. The Morgan fingerprint density at radius 1 is 1.00 bits per heavy atom. The van der Waals surface area contributed by atoms with Crippen LogP contribution >= 0.6 is 27.9 Å². The van der Waals surface area contributed by atoms with Gasteiger partial charge in [-0.2, -0.15) is 0 Å². The van der Waals surface area contributed by atoms with Crippen molar-refractivity contribution in [3.8, 4) is 5.75 Å². The SMILES string of the molecule is Cc1ccccc1N=Cc1ccccc1O.[Cl][Ti]([Cl])[Cl]. The monoisotopic (exact) mass is 364 g/mol. The minimum absolute atomic E-state index is 0.250. The average molecular weight is 365 g/mol. The zero-order valence-electron chi connectivity index (χ0n) is 10.7. The number of halogens is 3. The summed E-state index contributed by atoms with van der Waals surface area (Å²) in [4.78, 5) is 4.35. The first-order valence-corrected chi connectivity index (χ1v) is 12.2. The number of para-hydroxylation sites is 2. The molecular weight excluding hydrogens is 352 g/mol. The van der Waals surface area contributed by atoms with E-state index in [-0.39, 0.29) is 5.75 Å². The van der Waals surface area contributed by atoms with Crippen molar-refractivity contribution in [2.45, 2.75) is 6.92 Å². The number of hydrogen-bond acceptors (Lipinski definition) is 2. The Balaban J connectivity index is 0.000000444. The second kappa shape index (κ2) is 9.43. The van der Waals surface area contributed by atoms with Gasteiger partial charge in [0.2, 0.25) is 0 Å². The maximum atomic E-state index is 9.57. The topological polar surface area (TPSA) is 32.6 Å². The summed E-state index contributed by atoms with van der Waals surface area (Å²) in [5, 5.41) is 9.57. The summed E-state index contributed by atoms with van der Waals surface area (Å²) in [5.41, 5.74) is 2.77. The molecule has 0 aromatic heterocycles. The van der Waals surface area contributed by atoms with E-state index < -0.39 is 14.7 Å². The van der Waals surface area contributed by atoms with Crippen LogP contribution in [0.15, 0.2) is 53.5 Å². The van der Waals surface area contributed by atoms with E-state index in [1.807, 2.05) is 43.3 Å². The molecule has 0 aliphatic heterocycles. The molecule has 2 nitrogen and oxygen atoms in total. The summed E-state index contributed by atoms with van der Waals surface area (Å²) in [6.45, 7) is 2.01.